The Morgan fingerprint density at radius 2 is 1.80 bits per heavy atom. The number of rotatable bonds is 18. The van der Waals surface area contributed by atoms with Crippen molar-refractivity contribution in [1.82, 2.24) is 20.3 Å². The third kappa shape index (κ3) is 10.4. The number of carbonyl (C=O) groups excluding carboxylic acids is 3. The van der Waals surface area contributed by atoms with Crippen molar-refractivity contribution in [2.45, 2.75) is 54.6 Å². The molecule has 1 saturated carbocycles. The van der Waals surface area contributed by atoms with Crippen LogP contribution in [0.3, 0.4) is 0 Å². The summed E-state index contributed by atoms with van der Waals surface area (Å²) in [7, 11) is -2.69. The number of benzene rings is 2. The predicted octanol–water partition coefficient (Wildman–Crippen LogP) is 3.46. The van der Waals surface area contributed by atoms with Gasteiger partial charge in [0.05, 0.1) is 43.0 Å². The smallest absolute Gasteiger partial charge is 0.252 e. The van der Waals surface area contributed by atoms with Crippen molar-refractivity contribution in [2.75, 3.05) is 56.4 Å². The van der Waals surface area contributed by atoms with Crippen LogP contribution in [0.4, 0.5) is 24.7 Å². The lowest BCUT2D eigenvalue weighted by Crippen LogP contribution is -2.56. The first-order valence-electron chi connectivity index (χ1n) is 17.3. The molecule has 1 unspecified atom stereocenters. The fraction of sp³-hybridized carbons (Fsp3) is 0.417. The maximum Gasteiger partial charge on any atom is 0.252 e. The van der Waals surface area contributed by atoms with E-state index in [2.05, 4.69) is 20.3 Å². The van der Waals surface area contributed by atoms with Crippen LogP contribution in [0.1, 0.15) is 42.9 Å². The summed E-state index contributed by atoms with van der Waals surface area (Å²) in [6.45, 7) is 1.31. The molecule has 2 aromatic carbocycles. The Labute approximate surface area is 321 Å². The van der Waals surface area contributed by atoms with Gasteiger partial charge in [-0.05, 0) is 49.9 Å². The number of halogens is 4. The standard InChI is InChI=1S/C36H39ClF3N7O7S/c1-42-10-12-53-14-15-54-13-11-44-55(51,52)27-18-24(38)17-26(19-27)46(35(50)30-6-7-32(48)47(30)31-16-23(22-41)8-9-43-31)33(28-4-2-3-5-29(28)37)34(49)45-25-20-36(39,40)21-25/h2-5,8-9,16-19,25,30,33,42,44H,6-7,10-15,20-21H2,1H3,(H,45,49)/t30-,33?/m0/s1. The van der Waals surface area contributed by atoms with Crippen molar-refractivity contribution >= 4 is 50.9 Å². The number of hydrogen-bond acceptors (Lipinski definition) is 10. The molecule has 3 amide bonds. The first kappa shape index (κ1) is 41.5. The number of sulfonamides is 1. The van der Waals surface area contributed by atoms with Crippen LogP contribution < -0.4 is 25.2 Å². The second-order valence-corrected chi connectivity index (χ2v) is 15.0. The number of anilines is 2. The van der Waals surface area contributed by atoms with Crippen LogP contribution in [0.15, 0.2) is 65.7 Å². The van der Waals surface area contributed by atoms with Crippen molar-refractivity contribution in [2.24, 2.45) is 0 Å². The van der Waals surface area contributed by atoms with Crippen LogP contribution >= 0.6 is 11.6 Å². The second-order valence-electron chi connectivity index (χ2n) is 12.8. The topological polar surface area (TPSA) is 183 Å². The molecule has 19 heteroatoms. The van der Waals surface area contributed by atoms with Crippen LogP contribution in [0.25, 0.3) is 0 Å². The molecule has 1 saturated heterocycles. The number of ether oxygens (including phenoxy) is 2. The van der Waals surface area contributed by atoms with Crippen molar-refractivity contribution in [3.8, 4) is 6.07 Å². The van der Waals surface area contributed by atoms with Crippen molar-refractivity contribution in [3.63, 3.8) is 0 Å². The molecule has 2 atom stereocenters. The summed E-state index contributed by atoms with van der Waals surface area (Å²) >= 11 is 6.58. The van der Waals surface area contributed by atoms with Gasteiger partial charge in [0, 0.05) is 60.9 Å². The Morgan fingerprint density at radius 1 is 1.09 bits per heavy atom. The Morgan fingerprint density at radius 3 is 2.47 bits per heavy atom. The highest BCUT2D eigenvalue weighted by molar-refractivity contribution is 7.89. The number of amides is 3. The number of nitrogens with one attached hydrogen (secondary N) is 3. The van der Waals surface area contributed by atoms with Crippen LogP contribution in [0, 0.1) is 17.1 Å². The molecule has 1 aromatic heterocycles. The highest BCUT2D eigenvalue weighted by Crippen LogP contribution is 2.40. The normalized spacial score (nSPS) is 17.3. The number of hydrogen-bond donors (Lipinski definition) is 3. The van der Waals surface area contributed by atoms with Gasteiger partial charge < -0.3 is 20.1 Å². The van der Waals surface area contributed by atoms with E-state index in [9.17, 15) is 36.8 Å². The summed E-state index contributed by atoms with van der Waals surface area (Å²) in [6.07, 6.45) is -0.335. The maximum atomic E-state index is 15.6. The van der Waals surface area contributed by atoms with E-state index in [0.29, 0.717) is 19.2 Å². The average Bonchev–Trinajstić information content (AvgIpc) is 3.53. The van der Waals surface area contributed by atoms with E-state index in [0.717, 1.165) is 21.9 Å². The molecular formula is C36H39ClF3N7O7S. The van der Waals surface area contributed by atoms with Gasteiger partial charge in [-0.1, -0.05) is 29.8 Å². The first-order valence-corrected chi connectivity index (χ1v) is 19.1. The lowest BCUT2D eigenvalue weighted by atomic mass is 9.87. The van der Waals surface area contributed by atoms with Crippen LogP contribution in [-0.2, 0) is 33.9 Å². The lowest BCUT2D eigenvalue weighted by molar-refractivity contribution is -0.133. The molecule has 3 N–H and O–H groups in total. The number of carbonyl (C=O) groups is 3. The van der Waals surface area contributed by atoms with Crippen molar-refractivity contribution in [3.05, 3.63) is 82.8 Å². The molecule has 0 bridgehead atoms. The van der Waals surface area contributed by atoms with Crippen molar-refractivity contribution < 1.29 is 45.4 Å². The van der Waals surface area contributed by atoms with E-state index < -0.39 is 81.0 Å². The maximum absolute atomic E-state index is 15.6. The summed E-state index contributed by atoms with van der Waals surface area (Å²) in [5, 5.41) is 14.9. The molecule has 2 aliphatic rings. The molecule has 1 aliphatic carbocycles. The molecular weight excluding hydrogens is 767 g/mol. The minimum Gasteiger partial charge on any atom is -0.378 e. The van der Waals surface area contributed by atoms with Crippen molar-refractivity contribution in [1.29, 1.82) is 5.26 Å². The van der Waals surface area contributed by atoms with E-state index in [1.807, 2.05) is 6.07 Å². The second kappa shape index (κ2) is 18.3. The summed E-state index contributed by atoms with van der Waals surface area (Å²) in [5.74, 6) is -6.66. The number of nitrogens with zero attached hydrogens (tertiary/aromatic N) is 4. The van der Waals surface area contributed by atoms with Crippen LogP contribution in [-0.4, -0.2) is 95.7 Å². The molecule has 3 aromatic rings. The lowest BCUT2D eigenvalue weighted by Gasteiger charge is -2.39. The molecule has 2 heterocycles. The SMILES string of the molecule is CNCCOCCOCCNS(=O)(=O)c1cc(F)cc(N(C(=O)[C@@H]2CCC(=O)N2c2cc(C#N)ccn2)C(C(=O)NC2CC(F)(F)C2)c2ccccc2Cl)c1. The van der Waals surface area contributed by atoms with Gasteiger partial charge in [-0.2, -0.15) is 5.26 Å². The Bertz CT molecular complexity index is 2030. The number of pyridine rings is 1. The van der Waals surface area contributed by atoms with Gasteiger partial charge in [0.25, 0.3) is 11.8 Å². The highest BCUT2D eigenvalue weighted by Gasteiger charge is 2.49. The first-order chi connectivity index (χ1) is 26.2. The van der Waals surface area contributed by atoms with Gasteiger partial charge in [0.15, 0.2) is 0 Å². The molecule has 5 rings (SSSR count). The third-order valence-electron chi connectivity index (χ3n) is 8.85. The van der Waals surface area contributed by atoms with E-state index in [1.54, 1.807) is 13.1 Å². The zero-order valence-electron chi connectivity index (χ0n) is 29.6. The largest absolute Gasteiger partial charge is 0.378 e. The Hall–Kier alpha value is -4.64. The van der Waals surface area contributed by atoms with E-state index >= 15 is 4.39 Å². The molecule has 0 spiro atoms. The molecule has 0 radical (unpaired) electrons. The summed E-state index contributed by atoms with van der Waals surface area (Å²) in [5.41, 5.74) is -0.285. The minimum absolute atomic E-state index is 0.000422. The zero-order valence-corrected chi connectivity index (χ0v) is 31.2. The molecule has 1 aliphatic heterocycles. The fourth-order valence-electron chi connectivity index (χ4n) is 6.20. The zero-order chi connectivity index (χ0) is 39.8. The summed E-state index contributed by atoms with van der Waals surface area (Å²) < 4.78 is 83.4. The predicted molar refractivity (Wildman–Crippen MR) is 194 cm³/mol. The van der Waals surface area contributed by atoms with Gasteiger partial charge in [-0.25, -0.2) is 31.3 Å². The molecule has 14 nitrogen and oxygen atoms in total. The minimum atomic E-state index is -4.47. The number of nitriles is 1. The Kier molecular flexibility index (Phi) is 13.8. The number of aromatic nitrogens is 1. The van der Waals surface area contributed by atoms with Gasteiger partial charge >= 0.3 is 0 Å². The van der Waals surface area contributed by atoms with Gasteiger partial charge in [0.2, 0.25) is 21.8 Å². The summed E-state index contributed by atoms with van der Waals surface area (Å²) in [4.78, 5) is 47.9. The number of alkyl halides is 2. The van der Waals surface area contributed by atoms with E-state index in [1.165, 1.54) is 36.5 Å². The number of likely N-dealkylation sites (N-methyl/N-ethyl adjacent to an activating group) is 1. The van der Waals surface area contributed by atoms with Gasteiger partial charge in [-0.15, -0.1) is 0 Å². The quantitative estimate of drug-likeness (QED) is 0.161. The van der Waals surface area contributed by atoms with E-state index in [-0.39, 0.29) is 61.2 Å². The van der Waals surface area contributed by atoms with Crippen LogP contribution in [0.5, 0.6) is 0 Å². The van der Waals surface area contributed by atoms with Gasteiger partial charge in [0.1, 0.15) is 23.7 Å². The summed E-state index contributed by atoms with van der Waals surface area (Å²) in [6, 6.07) is 8.88. The Balaban J connectivity index is 1.54. The van der Waals surface area contributed by atoms with Crippen LogP contribution in [0.2, 0.25) is 5.02 Å². The highest BCUT2D eigenvalue weighted by atomic mass is 35.5. The molecule has 294 valence electrons. The molecule has 55 heavy (non-hydrogen) atoms. The van der Waals surface area contributed by atoms with E-state index in [4.69, 9.17) is 21.1 Å². The third-order valence-corrected chi connectivity index (χ3v) is 10.6. The average molecular weight is 806 g/mol. The monoisotopic (exact) mass is 805 g/mol. The fourth-order valence-corrected chi connectivity index (χ4v) is 7.50. The van der Waals surface area contributed by atoms with Gasteiger partial charge in [-0.3, -0.25) is 24.2 Å². The molecule has 2 fully saturated rings.